The number of fused-ring (bicyclic) bond motifs is 1. The van der Waals surface area contributed by atoms with Gasteiger partial charge in [0.05, 0.1) is 18.0 Å². The van der Waals surface area contributed by atoms with Crippen LogP contribution < -0.4 is 0 Å². The zero-order valence-electron chi connectivity index (χ0n) is 16.8. The highest BCUT2D eigenvalue weighted by molar-refractivity contribution is 6.36. The maximum Gasteiger partial charge on any atom is 0.336 e. The fraction of sp³-hybridized carbons (Fsp3) is 0.391. The van der Waals surface area contributed by atoms with Crippen LogP contribution in [-0.2, 0) is 24.1 Å². The van der Waals surface area contributed by atoms with Gasteiger partial charge in [-0.1, -0.05) is 55.2 Å². The topological polar surface area (TPSA) is 57.6 Å². The van der Waals surface area contributed by atoms with Gasteiger partial charge >= 0.3 is 5.97 Å². The van der Waals surface area contributed by atoms with Crippen molar-refractivity contribution in [3.63, 3.8) is 0 Å². The molecule has 3 rings (SSSR count). The smallest absolute Gasteiger partial charge is 0.336 e. The van der Waals surface area contributed by atoms with Crippen molar-refractivity contribution in [1.29, 1.82) is 0 Å². The van der Waals surface area contributed by atoms with Crippen LogP contribution >= 0.6 is 23.2 Å². The van der Waals surface area contributed by atoms with Gasteiger partial charge in [0.15, 0.2) is 0 Å². The van der Waals surface area contributed by atoms with Crippen molar-refractivity contribution in [2.75, 3.05) is 6.54 Å². The number of amides is 1. The number of halogens is 2. The lowest BCUT2D eigenvalue weighted by atomic mass is 9.85. The number of aromatic carboxylic acids is 1. The first-order chi connectivity index (χ1) is 13.7. The van der Waals surface area contributed by atoms with Gasteiger partial charge in [0, 0.05) is 16.6 Å². The van der Waals surface area contributed by atoms with E-state index in [-0.39, 0.29) is 18.4 Å². The van der Waals surface area contributed by atoms with E-state index in [4.69, 9.17) is 23.2 Å². The number of hydrogen-bond acceptors (Lipinski definition) is 2. The molecule has 6 heteroatoms. The predicted molar refractivity (Wildman–Crippen MR) is 116 cm³/mol. The van der Waals surface area contributed by atoms with Crippen LogP contribution in [0.1, 0.15) is 59.4 Å². The molecule has 0 saturated carbocycles. The van der Waals surface area contributed by atoms with Crippen LogP contribution in [0.3, 0.4) is 0 Å². The van der Waals surface area contributed by atoms with Gasteiger partial charge in [0.25, 0.3) is 0 Å². The number of carboxylic acid groups (broad SMARTS) is 1. The van der Waals surface area contributed by atoms with E-state index in [1.165, 1.54) is 0 Å². The number of benzene rings is 2. The summed E-state index contributed by atoms with van der Waals surface area (Å²) in [6.45, 7) is 6.57. The Morgan fingerprint density at radius 2 is 1.83 bits per heavy atom. The van der Waals surface area contributed by atoms with Gasteiger partial charge in [0.2, 0.25) is 5.91 Å². The minimum atomic E-state index is -0.896. The highest BCUT2D eigenvalue weighted by atomic mass is 35.5. The highest BCUT2D eigenvalue weighted by Gasteiger charge is 2.31. The van der Waals surface area contributed by atoms with E-state index in [0.717, 1.165) is 23.1 Å². The van der Waals surface area contributed by atoms with E-state index in [1.807, 2.05) is 19.1 Å². The summed E-state index contributed by atoms with van der Waals surface area (Å²) in [4.78, 5) is 26.8. The lowest BCUT2D eigenvalue weighted by molar-refractivity contribution is -0.133. The molecule has 0 unspecified atom stereocenters. The molecule has 1 N–H and O–H groups in total. The van der Waals surface area contributed by atoms with Crippen molar-refractivity contribution >= 4 is 35.1 Å². The Morgan fingerprint density at radius 1 is 1.17 bits per heavy atom. The Hall–Kier alpha value is -2.04. The number of carbonyl (C=O) groups excluding carboxylic acids is 1. The van der Waals surface area contributed by atoms with Crippen LogP contribution in [0.4, 0.5) is 0 Å². The first-order valence-corrected chi connectivity index (χ1v) is 10.6. The minimum Gasteiger partial charge on any atom is -0.478 e. The van der Waals surface area contributed by atoms with Crippen molar-refractivity contribution in [1.82, 2.24) is 4.90 Å². The van der Waals surface area contributed by atoms with Crippen LogP contribution in [0.25, 0.3) is 0 Å². The van der Waals surface area contributed by atoms with E-state index in [0.29, 0.717) is 40.1 Å². The number of hydrogen-bond donors (Lipinski definition) is 1. The third-order valence-electron chi connectivity index (χ3n) is 5.51. The number of carbonyl (C=O) groups is 2. The second-order valence-corrected chi connectivity index (χ2v) is 8.78. The van der Waals surface area contributed by atoms with Crippen molar-refractivity contribution in [3.05, 3.63) is 68.2 Å². The summed E-state index contributed by atoms with van der Waals surface area (Å²) >= 11 is 12.4. The van der Waals surface area contributed by atoms with Crippen LogP contribution in [0.2, 0.25) is 10.0 Å². The Morgan fingerprint density at radius 3 is 2.41 bits per heavy atom. The van der Waals surface area contributed by atoms with Gasteiger partial charge in [-0.15, -0.1) is 0 Å². The van der Waals surface area contributed by atoms with Gasteiger partial charge in [-0.05, 0) is 60.1 Å². The molecule has 1 aliphatic rings. The Bertz CT molecular complexity index is 935. The third kappa shape index (κ3) is 4.44. The standard InChI is InChI=1S/C23H25Cl2NO3/c1-13(2)11-15-7-8-16-14(3)26(10-9-17(16)22(15)23(28)29)21(27)12-18-19(24)5-4-6-20(18)25/h4-8,13-14H,9-12H2,1-3H3,(H,28,29)/t14-/m0/s1. The van der Waals surface area contributed by atoms with Gasteiger partial charge < -0.3 is 10.0 Å². The number of rotatable bonds is 5. The molecule has 0 saturated heterocycles. The molecule has 1 aliphatic heterocycles. The van der Waals surface area contributed by atoms with Crippen LogP contribution in [0.5, 0.6) is 0 Å². The molecular formula is C23H25Cl2NO3. The summed E-state index contributed by atoms with van der Waals surface area (Å²) in [5.41, 5.74) is 3.64. The van der Waals surface area contributed by atoms with Gasteiger partial charge in [-0.25, -0.2) is 4.79 Å². The molecule has 2 aromatic rings. The summed E-state index contributed by atoms with van der Waals surface area (Å²) in [6.07, 6.45) is 1.36. The summed E-state index contributed by atoms with van der Waals surface area (Å²) in [5, 5.41) is 10.8. The largest absolute Gasteiger partial charge is 0.478 e. The van der Waals surface area contributed by atoms with E-state index in [1.54, 1.807) is 23.1 Å². The Balaban J connectivity index is 1.91. The minimum absolute atomic E-state index is 0.0683. The van der Waals surface area contributed by atoms with Crippen molar-refractivity contribution in [3.8, 4) is 0 Å². The molecule has 0 aromatic heterocycles. The second-order valence-electron chi connectivity index (χ2n) is 7.96. The summed E-state index contributed by atoms with van der Waals surface area (Å²) in [6, 6.07) is 8.86. The molecule has 1 heterocycles. The highest BCUT2D eigenvalue weighted by Crippen LogP contribution is 2.35. The molecule has 0 bridgehead atoms. The maximum absolute atomic E-state index is 13.0. The molecule has 29 heavy (non-hydrogen) atoms. The van der Waals surface area contributed by atoms with Crippen LogP contribution in [0.15, 0.2) is 30.3 Å². The first-order valence-electron chi connectivity index (χ1n) is 9.81. The molecule has 4 nitrogen and oxygen atoms in total. The maximum atomic E-state index is 13.0. The quantitative estimate of drug-likeness (QED) is 0.669. The van der Waals surface area contributed by atoms with Crippen LogP contribution in [0, 0.1) is 5.92 Å². The fourth-order valence-corrected chi connectivity index (χ4v) is 4.67. The van der Waals surface area contributed by atoms with Gasteiger partial charge in [0.1, 0.15) is 0 Å². The van der Waals surface area contributed by atoms with Crippen molar-refractivity contribution in [2.45, 2.75) is 46.1 Å². The molecule has 0 spiro atoms. The van der Waals surface area contributed by atoms with Crippen molar-refractivity contribution in [2.24, 2.45) is 5.92 Å². The van der Waals surface area contributed by atoms with E-state index in [2.05, 4.69) is 13.8 Å². The van der Waals surface area contributed by atoms with Crippen LogP contribution in [-0.4, -0.2) is 28.4 Å². The normalized spacial score (nSPS) is 16.1. The zero-order chi connectivity index (χ0) is 21.3. The van der Waals surface area contributed by atoms with E-state index >= 15 is 0 Å². The molecule has 2 aromatic carbocycles. The summed E-state index contributed by atoms with van der Waals surface area (Å²) in [7, 11) is 0. The van der Waals surface area contributed by atoms with Gasteiger partial charge in [-0.3, -0.25) is 4.79 Å². The van der Waals surface area contributed by atoms with E-state index < -0.39 is 5.97 Å². The molecule has 0 fully saturated rings. The van der Waals surface area contributed by atoms with Gasteiger partial charge in [-0.2, -0.15) is 0 Å². The number of nitrogens with zero attached hydrogens (tertiary/aromatic N) is 1. The molecular weight excluding hydrogens is 409 g/mol. The molecule has 0 aliphatic carbocycles. The molecule has 154 valence electrons. The average Bonchev–Trinajstić information content (AvgIpc) is 2.64. The Labute approximate surface area is 181 Å². The average molecular weight is 434 g/mol. The second kappa shape index (κ2) is 8.76. The predicted octanol–water partition coefficient (Wildman–Crippen LogP) is 5.58. The monoisotopic (exact) mass is 433 g/mol. The summed E-state index contributed by atoms with van der Waals surface area (Å²) in [5.74, 6) is -0.598. The Kier molecular flexibility index (Phi) is 6.55. The zero-order valence-corrected chi connectivity index (χ0v) is 18.3. The van der Waals surface area contributed by atoms with E-state index in [9.17, 15) is 14.7 Å². The lowest BCUT2D eigenvalue weighted by Crippen LogP contribution is -2.40. The molecule has 1 amide bonds. The third-order valence-corrected chi connectivity index (χ3v) is 6.22. The van der Waals surface area contributed by atoms with Crippen molar-refractivity contribution < 1.29 is 14.7 Å². The fourth-order valence-electron chi connectivity index (χ4n) is 4.14. The summed E-state index contributed by atoms with van der Waals surface area (Å²) < 4.78 is 0. The first kappa shape index (κ1) is 21.7. The SMILES string of the molecule is CC(C)Cc1ccc2c(c1C(=O)O)CCN(C(=O)Cc1c(Cl)cccc1Cl)[C@H]2C. The lowest BCUT2D eigenvalue weighted by Gasteiger charge is -2.36. The molecule has 0 radical (unpaired) electrons. The molecule has 1 atom stereocenters. The number of carboxylic acids is 1.